The fourth-order valence-corrected chi connectivity index (χ4v) is 3.12. The van der Waals surface area contributed by atoms with Crippen LogP contribution in [0.5, 0.6) is 0 Å². The molecule has 1 aromatic carbocycles. The molecular weight excluding hydrogens is 262 g/mol. The van der Waals surface area contributed by atoms with Crippen LogP contribution in [0.1, 0.15) is 19.4 Å². The number of nitrogens with one attached hydrogen (secondary N) is 1. The molecule has 0 aromatic heterocycles. The van der Waals surface area contributed by atoms with Crippen molar-refractivity contribution in [3.8, 4) is 0 Å². The summed E-state index contributed by atoms with van der Waals surface area (Å²) >= 11 is 0. The van der Waals surface area contributed by atoms with Crippen LogP contribution >= 0.6 is 0 Å². The number of benzene rings is 1. The van der Waals surface area contributed by atoms with Crippen LogP contribution < -0.4 is 5.32 Å². The number of rotatable bonds is 8. The molecule has 4 nitrogen and oxygen atoms in total. The Labute approximate surface area is 115 Å². The molecular formula is C14H23NO3S. The van der Waals surface area contributed by atoms with E-state index in [1.807, 2.05) is 37.3 Å². The Morgan fingerprint density at radius 2 is 1.89 bits per heavy atom. The highest BCUT2D eigenvalue weighted by Crippen LogP contribution is 2.04. The largest absolute Gasteiger partial charge is 0.395 e. The van der Waals surface area contributed by atoms with Gasteiger partial charge in [-0.25, -0.2) is 8.42 Å². The summed E-state index contributed by atoms with van der Waals surface area (Å²) in [6.45, 7) is 3.47. The third kappa shape index (κ3) is 6.18. The second-order valence-corrected chi connectivity index (χ2v) is 7.23. The fraction of sp³-hybridized carbons (Fsp3) is 0.571. The van der Waals surface area contributed by atoms with Crippen molar-refractivity contribution in [1.29, 1.82) is 0 Å². The van der Waals surface area contributed by atoms with Crippen LogP contribution in [0, 0.1) is 0 Å². The summed E-state index contributed by atoms with van der Waals surface area (Å²) in [7, 11) is -2.99. The zero-order valence-electron chi connectivity index (χ0n) is 11.5. The highest BCUT2D eigenvalue weighted by atomic mass is 32.2. The SMILES string of the molecule is CCS(=O)(=O)CC(C)N[C@H](CO)Cc1ccccc1. The minimum atomic E-state index is -2.99. The van der Waals surface area contributed by atoms with Crippen molar-refractivity contribution in [1.82, 2.24) is 5.32 Å². The second-order valence-electron chi connectivity index (χ2n) is 4.84. The molecule has 0 fully saturated rings. The van der Waals surface area contributed by atoms with E-state index in [0.29, 0.717) is 6.42 Å². The molecule has 0 saturated carbocycles. The van der Waals surface area contributed by atoms with Gasteiger partial charge in [-0.1, -0.05) is 37.3 Å². The van der Waals surface area contributed by atoms with Crippen LogP contribution in [0.25, 0.3) is 0 Å². The molecule has 1 aromatic rings. The van der Waals surface area contributed by atoms with Crippen LogP contribution in [0.3, 0.4) is 0 Å². The van der Waals surface area contributed by atoms with Gasteiger partial charge in [-0.3, -0.25) is 0 Å². The van der Waals surface area contributed by atoms with Gasteiger partial charge in [0.05, 0.1) is 12.4 Å². The van der Waals surface area contributed by atoms with Crippen molar-refractivity contribution < 1.29 is 13.5 Å². The summed E-state index contributed by atoms with van der Waals surface area (Å²) in [6.07, 6.45) is 0.688. The van der Waals surface area contributed by atoms with Crippen molar-refractivity contribution in [2.45, 2.75) is 32.4 Å². The Kier molecular flexibility index (Phi) is 6.48. The van der Waals surface area contributed by atoms with Gasteiger partial charge in [-0.05, 0) is 18.9 Å². The Balaban J connectivity index is 2.53. The Morgan fingerprint density at radius 1 is 1.26 bits per heavy atom. The van der Waals surface area contributed by atoms with E-state index in [9.17, 15) is 13.5 Å². The maximum absolute atomic E-state index is 11.5. The van der Waals surface area contributed by atoms with E-state index in [1.165, 1.54) is 0 Å². The minimum Gasteiger partial charge on any atom is -0.395 e. The first-order chi connectivity index (χ1) is 8.96. The van der Waals surface area contributed by atoms with Crippen LogP contribution in [0.15, 0.2) is 30.3 Å². The number of hydrogen-bond donors (Lipinski definition) is 2. The van der Waals surface area contributed by atoms with Crippen molar-refractivity contribution in [2.75, 3.05) is 18.1 Å². The molecule has 0 aliphatic carbocycles. The van der Waals surface area contributed by atoms with Crippen LogP contribution in [-0.4, -0.2) is 43.7 Å². The van der Waals surface area contributed by atoms with Gasteiger partial charge in [0.25, 0.3) is 0 Å². The topological polar surface area (TPSA) is 66.4 Å². The summed E-state index contributed by atoms with van der Waals surface area (Å²) in [6, 6.07) is 9.57. The van der Waals surface area contributed by atoms with E-state index in [2.05, 4.69) is 5.32 Å². The summed E-state index contributed by atoms with van der Waals surface area (Å²) < 4.78 is 23.1. The summed E-state index contributed by atoms with van der Waals surface area (Å²) in [5.74, 6) is 0.260. The first kappa shape index (κ1) is 16.1. The third-order valence-corrected chi connectivity index (χ3v) is 4.90. The van der Waals surface area contributed by atoms with Crippen molar-refractivity contribution >= 4 is 9.84 Å². The Hall–Kier alpha value is -0.910. The van der Waals surface area contributed by atoms with Gasteiger partial charge in [0, 0.05) is 17.8 Å². The molecule has 0 aliphatic rings. The predicted octanol–water partition coefficient (Wildman–Crippen LogP) is 1.00. The molecule has 0 spiro atoms. The van der Waals surface area contributed by atoms with Crippen molar-refractivity contribution in [3.63, 3.8) is 0 Å². The number of aliphatic hydroxyl groups is 1. The molecule has 5 heteroatoms. The molecule has 0 bridgehead atoms. The number of sulfone groups is 1. The zero-order chi connectivity index (χ0) is 14.3. The van der Waals surface area contributed by atoms with Gasteiger partial charge in [-0.15, -0.1) is 0 Å². The fourth-order valence-electron chi connectivity index (χ4n) is 2.02. The Morgan fingerprint density at radius 3 is 2.42 bits per heavy atom. The quantitative estimate of drug-likeness (QED) is 0.748. The summed E-state index contributed by atoms with van der Waals surface area (Å²) in [4.78, 5) is 0. The summed E-state index contributed by atoms with van der Waals surface area (Å²) in [5.41, 5.74) is 1.12. The molecule has 0 amide bonds. The Bertz CT molecular complexity index is 459. The average Bonchev–Trinajstić information content (AvgIpc) is 2.38. The molecule has 1 unspecified atom stereocenters. The molecule has 0 radical (unpaired) electrons. The van der Waals surface area contributed by atoms with Crippen LogP contribution in [0.2, 0.25) is 0 Å². The van der Waals surface area contributed by atoms with Gasteiger partial charge in [0.2, 0.25) is 0 Å². The van der Waals surface area contributed by atoms with Gasteiger partial charge >= 0.3 is 0 Å². The predicted molar refractivity (Wildman–Crippen MR) is 77.9 cm³/mol. The molecule has 0 heterocycles. The molecule has 19 heavy (non-hydrogen) atoms. The van der Waals surface area contributed by atoms with Gasteiger partial charge < -0.3 is 10.4 Å². The highest BCUT2D eigenvalue weighted by molar-refractivity contribution is 7.91. The molecule has 2 atom stereocenters. The van der Waals surface area contributed by atoms with E-state index in [0.717, 1.165) is 5.56 Å². The van der Waals surface area contributed by atoms with Crippen molar-refractivity contribution in [2.24, 2.45) is 0 Å². The monoisotopic (exact) mass is 285 g/mol. The average molecular weight is 285 g/mol. The maximum Gasteiger partial charge on any atom is 0.151 e. The van der Waals surface area contributed by atoms with Crippen molar-refractivity contribution in [3.05, 3.63) is 35.9 Å². The first-order valence-corrected chi connectivity index (χ1v) is 8.40. The van der Waals surface area contributed by atoms with E-state index in [4.69, 9.17) is 0 Å². The van der Waals surface area contributed by atoms with Gasteiger partial charge in [0.1, 0.15) is 0 Å². The van der Waals surface area contributed by atoms with E-state index >= 15 is 0 Å². The number of aliphatic hydroxyl groups excluding tert-OH is 1. The number of hydrogen-bond acceptors (Lipinski definition) is 4. The van der Waals surface area contributed by atoms with E-state index in [1.54, 1.807) is 6.92 Å². The molecule has 1 rings (SSSR count). The molecule has 0 aliphatic heterocycles. The lowest BCUT2D eigenvalue weighted by Crippen LogP contribution is -2.43. The summed E-state index contributed by atoms with van der Waals surface area (Å²) in [5, 5.41) is 12.6. The first-order valence-electron chi connectivity index (χ1n) is 6.58. The lowest BCUT2D eigenvalue weighted by molar-refractivity contribution is 0.234. The zero-order valence-corrected chi connectivity index (χ0v) is 12.4. The lowest BCUT2D eigenvalue weighted by Gasteiger charge is -2.21. The minimum absolute atomic E-state index is 0.00852. The molecule has 108 valence electrons. The van der Waals surface area contributed by atoms with Crippen LogP contribution in [0.4, 0.5) is 0 Å². The smallest absolute Gasteiger partial charge is 0.151 e. The molecule has 0 saturated heterocycles. The van der Waals surface area contributed by atoms with E-state index in [-0.39, 0.29) is 30.2 Å². The molecule has 2 N–H and O–H groups in total. The van der Waals surface area contributed by atoms with Crippen LogP contribution in [-0.2, 0) is 16.3 Å². The second kappa shape index (κ2) is 7.62. The maximum atomic E-state index is 11.5. The standard InChI is InChI=1S/C14H23NO3S/c1-3-19(17,18)11-12(2)15-14(10-16)9-13-7-5-4-6-8-13/h4-8,12,14-16H,3,9-11H2,1-2H3/t12?,14-/m0/s1. The van der Waals surface area contributed by atoms with Gasteiger partial charge in [-0.2, -0.15) is 0 Å². The van der Waals surface area contributed by atoms with E-state index < -0.39 is 9.84 Å². The van der Waals surface area contributed by atoms with Gasteiger partial charge in [0.15, 0.2) is 9.84 Å². The normalized spacial score (nSPS) is 15.1. The lowest BCUT2D eigenvalue weighted by atomic mass is 10.1. The third-order valence-electron chi connectivity index (χ3n) is 3.01. The highest BCUT2D eigenvalue weighted by Gasteiger charge is 2.17.